The molecule has 0 aliphatic carbocycles. The average Bonchev–Trinajstić information content (AvgIpc) is 2.32. The number of carboxylic acids is 1. The van der Waals surface area contributed by atoms with Gasteiger partial charge < -0.3 is 9.90 Å². The average molecular weight is 458 g/mol. The van der Waals surface area contributed by atoms with Gasteiger partial charge in [-0.3, -0.25) is 14.2 Å². The fourth-order valence-electron chi connectivity index (χ4n) is 1.43. The summed E-state index contributed by atoms with van der Waals surface area (Å²) in [6.45, 7) is -0.719. The Morgan fingerprint density at radius 3 is 1.63 bits per heavy atom. The molecule has 27 heavy (non-hydrogen) atoms. The van der Waals surface area contributed by atoms with Crippen molar-refractivity contribution in [3.63, 3.8) is 0 Å². The standard InChI is InChI=1S/C9H4F12O5.K/c1-3(10)9(21,25-4(11,2(22)23)6(13,14)15)26-5(12,7(16,17)18)8(19,20)24-3;/h1H3,(H,22,23);/q;+1/p-1. The van der Waals surface area contributed by atoms with Gasteiger partial charge in [-0.2, -0.15) is 48.3 Å². The van der Waals surface area contributed by atoms with E-state index in [0.29, 0.717) is 0 Å². The van der Waals surface area contributed by atoms with Gasteiger partial charge in [0, 0.05) is 6.92 Å². The number of hydrogen-bond donors (Lipinski definition) is 0. The second-order valence-corrected chi connectivity index (χ2v) is 4.75. The van der Waals surface area contributed by atoms with Crippen molar-refractivity contribution in [2.45, 2.75) is 49.0 Å². The summed E-state index contributed by atoms with van der Waals surface area (Å²) in [5, 5.41) is 10.2. The van der Waals surface area contributed by atoms with Crippen molar-refractivity contribution in [2.24, 2.45) is 0 Å². The summed E-state index contributed by atoms with van der Waals surface area (Å²) in [6, 6.07) is -6.14. The van der Waals surface area contributed by atoms with Gasteiger partial charge in [-0.25, -0.2) is 4.39 Å². The molecule has 0 aromatic heterocycles. The Labute approximate surface area is 182 Å². The van der Waals surface area contributed by atoms with E-state index in [-0.39, 0.29) is 51.4 Å². The van der Waals surface area contributed by atoms with Crippen LogP contribution in [-0.4, -0.2) is 48.0 Å². The van der Waals surface area contributed by atoms with E-state index in [0.717, 1.165) is 0 Å². The third-order valence-electron chi connectivity index (χ3n) is 2.76. The van der Waals surface area contributed by atoms with Gasteiger partial charge in [-0.1, -0.05) is 0 Å². The minimum atomic E-state index is -7.01. The molecule has 1 saturated heterocycles. The molecule has 0 spiro atoms. The van der Waals surface area contributed by atoms with E-state index < -0.39 is 55.0 Å². The molecule has 1 rings (SSSR count). The van der Waals surface area contributed by atoms with E-state index in [1.165, 1.54) is 0 Å². The molecule has 4 atom stereocenters. The monoisotopic (exact) mass is 458 g/mol. The summed E-state index contributed by atoms with van der Waals surface area (Å²) in [6.07, 6.45) is -20.3. The number of carbonyl (C=O) groups is 1. The van der Waals surface area contributed by atoms with Crippen LogP contribution in [0.1, 0.15) is 6.92 Å². The van der Waals surface area contributed by atoms with Crippen molar-refractivity contribution < 1.29 is 128 Å². The predicted octanol–water partition coefficient (Wildman–Crippen LogP) is -0.838. The van der Waals surface area contributed by atoms with Gasteiger partial charge in [0.2, 0.25) is 0 Å². The molecule has 18 heteroatoms. The number of rotatable bonds is 3. The number of halogens is 12. The first-order chi connectivity index (χ1) is 11.1. The Morgan fingerprint density at radius 1 is 0.926 bits per heavy atom. The number of alkyl halides is 12. The van der Waals surface area contributed by atoms with Crippen LogP contribution in [0.2, 0.25) is 0 Å². The quantitative estimate of drug-likeness (QED) is 0.408. The molecule has 0 bridgehead atoms. The Balaban J connectivity index is 0.00000676. The summed E-state index contributed by atoms with van der Waals surface area (Å²) in [5.74, 6) is -22.5. The molecule has 0 amide bonds. The normalized spacial score (nSPS) is 36.5. The van der Waals surface area contributed by atoms with Crippen molar-refractivity contribution in [2.75, 3.05) is 0 Å². The molecule has 1 heterocycles. The first-order valence-corrected chi connectivity index (χ1v) is 5.65. The molecule has 5 nitrogen and oxygen atoms in total. The van der Waals surface area contributed by atoms with Crippen LogP contribution in [0.3, 0.4) is 0 Å². The number of hydrogen-bond acceptors (Lipinski definition) is 5. The van der Waals surface area contributed by atoms with Gasteiger partial charge >= 0.3 is 87.6 Å². The Morgan fingerprint density at radius 2 is 1.33 bits per heavy atom. The molecule has 0 radical (unpaired) electrons. The molecule has 1 aliphatic heterocycles. The van der Waals surface area contributed by atoms with Crippen LogP contribution in [0.5, 0.6) is 0 Å². The summed E-state index contributed by atoms with van der Waals surface area (Å²) in [5.41, 5.74) is 0. The predicted molar refractivity (Wildman–Crippen MR) is 46.3 cm³/mol. The molecule has 0 aromatic rings. The zero-order valence-electron chi connectivity index (χ0n) is 12.6. The minimum Gasteiger partial charge on any atom is -0.544 e. The maximum absolute atomic E-state index is 14.1. The van der Waals surface area contributed by atoms with E-state index in [2.05, 4.69) is 14.2 Å². The van der Waals surface area contributed by atoms with Crippen molar-refractivity contribution in [1.29, 1.82) is 0 Å². The van der Waals surface area contributed by atoms with Gasteiger partial charge in [0.05, 0.1) is 0 Å². The van der Waals surface area contributed by atoms with Crippen LogP contribution in [0.15, 0.2) is 0 Å². The first kappa shape index (κ1) is 27.1. The third-order valence-corrected chi connectivity index (χ3v) is 2.76. The molecule has 0 N–H and O–H groups in total. The van der Waals surface area contributed by atoms with Crippen molar-refractivity contribution in [3.05, 3.63) is 0 Å². The van der Waals surface area contributed by atoms with Crippen LogP contribution < -0.4 is 56.5 Å². The molecule has 1 fully saturated rings. The maximum Gasteiger partial charge on any atom is 1.00 e. The maximum atomic E-state index is 14.1. The topological polar surface area (TPSA) is 67.8 Å². The molecule has 1 aliphatic rings. The minimum absolute atomic E-state index is 0. The number of carboxylic acid groups (broad SMARTS) is 1. The van der Waals surface area contributed by atoms with E-state index in [4.69, 9.17) is 0 Å². The van der Waals surface area contributed by atoms with Gasteiger partial charge in [-0.05, 0) is 0 Å². The second kappa shape index (κ2) is 7.13. The molecular weight excluding hydrogens is 455 g/mol. The summed E-state index contributed by atoms with van der Waals surface area (Å²) < 4.78 is 162. The largest absolute Gasteiger partial charge is 1.00 e. The number of ether oxygens (including phenoxy) is 3. The fourth-order valence-corrected chi connectivity index (χ4v) is 1.43. The van der Waals surface area contributed by atoms with Crippen LogP contribution in [-0.2, 0) is 19.0 Å². The van der Waals surface area contributed by atoms with Gasteiger partial charge in [0.15, 0.2) is 0 Å². The van der Waals surface area contributed by atoms with E-state index >= 15 is 0 Å². The van der Waals surface area contributed by atoms with Crippen LogP contribution in [0.4, 0.5) is 52.7 Å². The Hall–Kier alpha value is 0.146. The van der Waals surface area contributed by atoms with Crippen LogP contribution in [0.25, 0.3) is 0 Å². The Kier molecular flexibility index (Phi) is 7.17. The molecular formula is C9H3F12KO5. The van der Waals surface area contributed by atoms with Crippen LogP contribution in [0, 0.1) is 0 Å². The fraction of sp³-hybridized carbons (Fsp3) is 0.889. The van der Waals surface area contributed by atoms with Crippen molar-refractivity contribution in [3.8, 4) is 0 Å². The summed E-state index contributed by atoms with van der Waals surface area (Å²) >= 11 is 0. The number of aliphatic carboxylic acids is 1. The van der Waals surface area contributed by atoms with Crippen molar-refractivity contribution in [1.82, 2.24) is 0 Å². The third kappa shape index (κ3) is 4.21. The Bertz CT molecular complexity index is 593. The summed E-state index contributed by atoms with van der Waals surface area (Å²) in [7, 11) is 0. The zero-order chi connectivity index (χ0) is 21.2. The van der Waals surface area contributed by atoms with Gasteiger partial charge in [0.1, 0.15) is 5.97 Å². The van der Waals surface area contributed by atoms with E-state index in [9.17, 15) is 62.6 Å². The summed E-state index contributed by atoms with van der Waals surface area (Å²) in [4.78, 5) is 10.2. The molecule has 0 aromatic carbocycles. The van der Waals surface area contributed by atoms with Gasteiger partial charge in [0.25, 0.3) is 5.85 Å². The molecule has 154 valence electrons. The van der Waals surface area contributed by atoms with Gasteiger partial charge in [-0.15, -0.1) is 0 Å². The zero-order valence-corrected chi connectivity index (χ0v) is 15.7. The van der Waals surface area contributed by atoms with E-state index in [1.807, 2.05) is 0 Å². The first-order valence-electron chi connectivity index (χ1n) is 5.65. The second-order valence-electron chi connectivity index (χ2n) is 4.75. The molecule has 0 saturated carbocycles. The van der Waals surface area contributed by atoms with Crippen LogP contribution >= 0.6 is 0 Å². The smallest absolute Gasteiger partial charge is 0.544 e. The molecule has 4 unspecified atom stereocenters. The van der Waals surface area contributed by atoms with E-state index in [1.54, 1.807) is 0 Å². The number of carbonyl (C=O) groups excluding carboxylic acids is 1. The SMILES string of the molecule is CC1(F)OC(F)(F)C(F)(C(F)(F)F)OC1(F)OC(F)(C(=O)[O-])C(F)(F)F.[K+]. The van der Waals surface area contributed by atoms with Crippen molar-refractivity contribution >= 4 is 5.97 Å².